The number of hydrogen-bond acceptors (Lipinski definition) is 3. The molecule has 3 rings (SSSR count). The first-order chi connectivity index (χ1) is 10.9. The molecule has 126 valence electrons. The highest BCUT2D eigenvalue weighted by Gasteiger charge is 2.37. The molecule has 1 aromatic heterocycles. The van der Waals surface area contributed by atoms with Crippen LogP contribution in [0, 0.1) is 12.3 Å². The summed E-state index contributed by atoms with van der Waals surface area (Å²) in [5, 5.41) is 3.12. The Morgan fingerprint density at radius 3 is 2.43 bits per heavy atom. The number of amides is 1. The molecule has 1 aromatic rings. The number of nitrogens with one attached hydrogen (secondary N) is 1. The number of carbonyl (C=O) groups excluding carboxylic acids is 2. The molecule has 1 saturated carbocycles. The highest BCUT2D eigenvalue weighted by atomic mass is 16.4. The second-order valence-corrected chi connectivity index (χ2v) is 7.96. The normalized spacial score (nSPS) is 21.6. The number of Topliss-reactive ketones (excluding diaryl/α,β-unsaturated/α-hetero) is 1. The molecule has 1 N–H and O–H groups in total. The lowest BCUT2D eigenvalue weighted by Crippen LogP contribution is -2.34. The third-order valence-corrected chi connectivity index (χ3v) is 5.17. The SMILES string of the molecule is Cc1c(C(=O)NC2CCCCCC2)oc2c1C(=O)CC(C)(C)C2. The quantitative estimate of drug-likeness (QED) is 0.832. The summed E-state index contributed by atoms with van der Waals surface area (Å²) in [4.78, 5) is 25.0. The maximum atomic E-state index is 12.6. The predicted molar refractivity (Wildman–Crippen MR) is 88.8 cm³/mol. The first-order valence-corrected chi connectivity index (χ1v) is 8.84. The summed E-state index contributed by atoms with van der Waals surface area (Å²) in [6, 6.07) is 0.235. The third-order valence-electron chi connectivity index (χ3n) is 5.17. The van der Waals surface area contributed by atoms with Gasteiger partial charge in [0.25, 0.3) is 5.91 Å². The van der Waals surface area contributed by atoms with Crippen LogP contribution in [0.5, 0.6) is 0 Å². The highest BCUT2D eigenvalue weighted by molar-refractivity contribution is 6.03. The summed E-state index contributed by atoms with van der Waals surface area (Å²) < 4.78 is 5.84. The van der Waals surface area contributed by atoms with Crippen molar-refractivity contribution < 1.29 is 14.0 Å². The topological polar surface area (TPSA) is 59.3 Å². The van der Waals surface area contributed by atoms with Gasteiger partial charge >= 0.3 is 0 Å². The smallest absolute Gasteiger partial charge is 0.287 e. The van der Waals surface area contributed by atoms with Crippen LogP contribution in [0.25, 0.3) is 0 Å². The van der Waals surface area contributed by atoms with Crippen molar-refractivity contribution in [2.45, 2.75) is 78.2 Å². The lowest BCUT2D eigenvalue weighted by atomic mass is 9.76. The molecule has 0 atom stereocenters. The van der Waals surface area contributed by atoms with E-state index in [1.807, 2.05) is 6.92 Å². The summed E-state index contributed by atoms with van der Waals surface area (Å²) >= 11 is 0. The standard InChI is InChI=1S/C19H27NO3/c1-12-16-14(21)10-19(2,3)11-15(16)23-17(12)18(22)20-13-8-6-4-5-7-9-13/h13H,4-11H2,1-3H3,(H,20,22). The number of fused-ring (bicyclic) bond motifs is 1. The monoisotopic (exact) mass is 317 g/mol. The first kappa shape index (κ1) is 16.3. The van der Waals surface area contributed by atoms with Crippen molar-refractivity contribution in [3.05, 3.63) is 22.6 Å². The fourth-order valence-corrected chi connectivity index (χ4v) is 3.97. The van der Waals surface area contributed by atoms with Gasteiger partial charge in [0.15, 0.2) is 11.5 Å². The van der Waals surface area contributed by atoms with Crippen LogP contribution < -0.4 is 5.32 Å². The van der Waals surface area contributed by atoms with Crippen LogP contribution in [-0.2, 0) is 6.42 Å². The van der Waals surface area contributed by atoms with E-state index in [0.717, 1.165) is 12.8 Å². The van der Waals surface area contributed by atoms with Crippen LogP contribution in [0.15, 0.2) is 4.42 Å². The van der Waals surface area contributed by atoms with Gasteiger partial charge < -0.3 is 9.73 Å². The minimum Gasteiger partial charge on any atom is -0.455 e. The van der Waals surface area contributed by atoms with Crippen molar-refractivity contribution in [3.8, 4) is 0 Å². The molecule has 0 saturated heterocycles. The van der Waals surface area contributed by atoms with Gasteiger partial charge in [-0.15, -0.1) is 0 Å². The molecule has 4 nitrogen and oxygen atoms in total. The van der Waals surface area contributed by atoms with Crippen LogP contribution in [0.4, 0.5) is 0 Å². The van der Waals surface area contributed by atoms with E-state index in [0.29, 0.717) is 35.5 Å². The van der Waals surface area contributed by atoms with Gasteiger partial charge in [0.05, 0.1) is 5.56 Å². The molecule has 23 heavy (non-hydrogen) atoms. The molecule has 0 aliphatic heterocycles. The molecular weight excluding hydrogens is 290 g/mol. The molecule has 0 unspecified atom stereocenters. The summed E-state index contributed by atoms with van der Waals surface area (Å²) in [7, 11) is 0. The minimum atomic E-state index is -0.158. The Morgan fingerprint density at radius 2 is 1.78 bits per heavy atom. The molecule has 2 aliphatic rings. The molecule has 0 radical (unpaired) electrons. The largest absolute Gasteiger partial charge is 0.455 e. The average molecular weight is 317 g/mol. The molecule has 1 amide bonds. The summed E-state index contributed by atoms with van der Waals surface area (Å²) in [5.41, 5.74) is 1.27. The molecule has 1 heterocycles. The fourth-order valence-electron chi connectivity index (χ4n) is 3.97. The van der Waals surface area contributed by atoms with E-state index >= 15 is 0 Å². The van der Waals surface area contributed by atoms with Crippen molar-refractivity contribution in [2.75, 3.05) is 0 Å². The van der Waals surface area contributed by atoms with Crippen molar-refractivity contribution in [1.82, 2.24) is 5.32 Å². The minimum absolute atomic E-state index is 0.0938. The maximum absolute atomic E-state index is 12.6. The number of hydrogen-bond donors (Lipinski definition) is 1. The van der Waals surface area contributed by atoms with Crippen LogP contribution in [0.3, 0.4) is 0 Å². The second kappa shape index (κ2) is 6.14. The van der Waals surface area contributed by atoms with Crippen LogP contribution in [0.1, 0.15) is 91.0 Å². The predicted octanol–water partition coefficient (Wildman–Crippen LogP) is 4.20. The van der Waals surface area contributed by atoms with Gasteiger partial charge in [-0.1, -0.05) is 39.5 Å². The van der Waals surface area contributed by atoms with Crippen molar-refractivity contribution in [1.29, 1.82) is 0 Å². The Morgan fingerprint density at radius 1 is 1.13 bits per heavy atom. The Kier molecular flexibility index (Phi) is 4.35. The Hall–Kier alpha value is -1.58. The molecule has 1 fully saturated rings. The first-order valence-electron chi connectivity index (χ1n) is 8.84. The van der Waals surface area contributed by atoms with E-state index < -0.39 is 0 Å². The van der Waals surface area contributed by atoms with Gasteiger partial charge in [0, 0.05) is 24.4 Å². The van der Waals surface area contributed by atoms with Gasteiger partial charge in [-0.3, -0.25) is 9.59 Å². The Labute approximate surface area is 138 Å². The van der Waals surface area contributed by atoms with Gasteiger partial charge in [-0.2, -0.15) is 0 Å². The number of furan rings is 1. The molecule has 4 heteroatoms. The van der Waals surface area contributed by atoms with Gasteiger partial charge in [0.2, 0.25) is 0 Å². The molecule has 2 aliphatic carbocycles. The summed E-state index contributed by atoms with van der Waals surface area (Å²) in [6.45, 7) is 5.97. The van der Waals surface area contributed by atoms with E-state index in [-0.39, 0.29) is 23.1 Å². The number of carbonyl (C=O) groups is 2. The fraction of sp³-hybridized carbons (Fsp3) is 0.684. The highest BCUT2D eigenvalue weighted by Crippen LogP contribution is 2.38. The van der Waals surface area contributed by atoms with Gasteiger partial charge in [0.1, 0.15) is 5.76 Å². The number of ketones is 1. The van der Waals surface area contributed by atoms with Crippen LogP contribution in [0.2, 0.25) is 0 Å². The van der Waals surface area contributed by atoms with Crippen LogP contribution in [-0.4, -0.2) is 17.7 Å². The Balaban J connectivity index is 1.81. The Bertz CT molecular complexity index is 619. The second-order valence-electron chi connectivity index (χ2n) is 7.96. The number of rotatable bonds is 2. The zero-order valence-electron chi connectivity index (χ0n) is 14.5. The molecule has 0 spiro atoms. The molecule has 0 bridgehead atoms. The van der Waals surface area contributed by atoms with Crippen LogP contribution >= 0.6 is 0 Å². The van der Waals surface area contributed by atoms with Crippen molar-refractivity contribution in [2.24, 2.45) is 5.41 Å². The molecule has 0 aromatic carbocycles. The van der Waals surface area contributed by atoms with E-state index in [1.54, 1.807) is 0 Å². The van der Waals surface area contributed by atoms with Crippen molar-refractivity contribution >= 4 is 11.7 Å². The van der Waals surface area contributed by atoms with E-state index in [2.05, 4.69) is 19.2 Å². The average Bonchev–Trinajstić information content (AvgIpc) is 2.62. The molecular formula is C19H27NO3. The summed E-state index contributed by atoms with van der Waals surface area (Å²) in [5.74, 6) is 0.973. The van der Waals surface area contributed by atoms with Gasteiger partial charge in [-0.25, -0.2) is 0 Å². The van der Waals surface area contributed by atoms with Crippen molar-refractivity contribution in [3.63, 3.8) is 0 Å². The third kappa shape index (κ3) is 3.36. The van der Waals surface area contributed by atoms with E-state index in [9.17, 15) is 9.59 Å². The lowest BCUT2D eigenvalue weighted by molar-refractivity contribution is 0.0880. The zero-order valence-corrected chi connectivity index (χ0v) is 14.5. The summed E-state index contributed by atoms with van der Waals surface area (Å²) in [6.07, 6.45) is 8.16. The van der Waals surface area contributed by atoms with Gasteiger partial charge in [-0.05, 0) is 25.2 Å². The van der Waals surface area contributed by atoms with E-state index in [1.165, 1.54) is 25.7 Å². The zero-order chi connectivity index (χ0) is 16.6. The lowest BCUT2D eigenvalue weighted by Gasteiger charge is -2.27. The van der Waals surface area contributed by atoms with E-state index in [4.69, 9.17) is 4.42 Å². The maximum Gasteiger partial charge on any atom is 0.287 e.